The van der Waals surface area contributed by atoms with Crippen LogP contribution in [0.5, 0.6) is 5.75 Å². The maximum atomic E-state index is 12.9. The highest BCUT2D eigenvalue weighted by Gasteiger charge is 2.40. The van der Waals surface area contributed by atoms with E-state index in [9.17, 15) is 26.7 Å². The Morgan fingerprint density at radius 3 is 2.67 bits per heavy atom. The average Bonchev–Trinajstić information content (AvgIpc) is 3.05. The van der Waals surface area contributed by atoms with E-state index in [0.29, 0.717) is 14.9 Å². The van der Waals surface area contributed by atoms with Crippen molar-refractivity contribution in [3.63, 3.8) is 0 Å². The van der Waals surface area contributed by atoms with Crippen LogP contribution in [0.4, 0.5) is 27.1 Å². The number of hydrogen-bond acceptors (Lipinski definition) is 5. The lowest BCUT2D eigenvalue weighted by atomic mass is 10.3. The van der Waals surface area contributed by atoms with Crippen LogP contribution in [-0.4, -0.2) is 27.3 Å². The maximum Gasteiger partial charge on any atom is 0.434 e. The Hall–Kier alpha value is -2.47. The van der Waals surface area contributed by atoms with Crippen molar-refractivity contribution in [2.45, 2.75) is 12.8 Å². The van der Waals surface area contributed by atoms with Crippen LogP contribution in [0.3, 0.4) is 0 Å². The molecule has 0 fully saturated rings. The first-order valence-electron chi connectivity index (χ1n) is 7.02. The molecule has 0 saturated carbocycles. The summed E-state index contributed by atoms with van der Waals surface area (Å²) in [6.07, 6.45) is -4.78. The van der Waals surface area contributed by atoms with E-state index in [2.05, 4.69) is 20.1 Å². The van der Waals surface area contributed by atoms with Gasteiger partial charge in [-0.15, -0.1) is 0 Å². The highest BCUT2D eigenvalue weighted by Crippen LogP contribution is 2.36. The van der Waals surface area contributed by atoms with E-state index in [4.69, 9.17) is 11.6 Å². The topological polar surface area (TPSA) is 69.0 Å². The van der Waals surface area contributed by atoms with E-state index >= 15 is 0 Å². The fourth-order valence-electron chi connectivity index (χ4n) is 2.24. The lowest BCUT2D eigenvalue weighted by molar-refractivity contribution is -0.143. The Morgan fingerprint density at radius 1 is 1.37 bits per heavy atom. The number of nitrogens with zero attached hydrogens (tertiary/aromatic N) is 3. The second-order valence-corrected chi connectivity index (χ2v) is 6.52. The average molecular weight is 427 g/mol. The standard InChI is InChI=1S/C14H8ClF5N4O2S/c1-24-10(14(18,19)20)8(15)9(23-24)11(25)22-13-21-6-3-2-5(26-12(16)17)4-7(6)27-13/h2-4,12H,1H3,(H,21,22,25). The lowest BCUT2D eigenvalue weighted by Crippen LogP contribution is -2.13. The van der Waals surface area contributed by atoms with Crippen LogP contribution in [0.15, 0.2) is 18.2 Å². The number of thiazole rings is 1. The monoisotopic (exact) mass is 426 g/mol. The van der Waals surface area contributed by atoms with Gasteiger partial charge in [0.05, 0.1) is 10.2 Å². The third kappa shape index (κ3) is 3.95. The second kappa shape index (κ2) is 6.93. The molecule has 0 radical (unpaired) electrons. The Morgan fingerprint density at radius 2 is 2.07 bits per heavy atom. The normalized spacial score (nSPS) is 12.0. The number of halogens is 6. The molecule has 1 N–H and O–H groups in total. The fraction of sp³-hybridized carbons (Fsp3) is 0.214. The van der Waals surface area contributed by atoms with E-state index < -0.39 is 35.1 Å². The van der Waals surface area contributed by atoms with Crippen LogP contribution in [0.2, 0.25) is 5.02 Å². The number of fused-ring (bicyclic) bond motifs is 1. The number of aryl methyl sites for hydroxylation is 1. The molecule has 0 saturated heterocycles. The predicted octanol–water partition coefficient (Wildman–Crippen LogP) is 4.56. The minimum absolute atomic E-state index is 0.0273. The van der Waals surface area contributed by atoms with Crippen molar-refractivity contribution >= 4 is 44.2 Å². The number of rotatable bonds is 4. The van der Waals surface area contributed by atoms with Gasteiger partial charge in [0.15, 0.2) is 16.5 Å². The summed E-state index contributed by atoms with van der Waals surface area (Å²) >= 11 is 6.57. The third-order valence-corrected chi connectivity index (χ3v) is 4.57. The Labute approximate surface area is 156 Å². The van der Waals surface area contributed by atoms with E-state index in [0.717, 1.165) is 18.4 Å². The molecule has 0 spiro atoms. The molecule has 0 aliphatic rings. The summed E-state index contributed by atoms with van der Waals surface area (Å²) in [4.78, 5) is 16.3. The highest BCUT2D eigenvalue weighted by atomic mass is 35.5. The van der Waals surface area contributed by atoms with Crippen molar-refractivity contribution in [3.05, 3.63) is 34.6 Å². The quantitative estimate of drug-likeness (QED) is 0.621. The van der Waals surface area contributed by atoms with E-state index in [1.807, 2.05) is 0 Å². The van der Waals surface area contributed by atoms with Crippen molar-refractivity contribution < 1.29 is 31.5 Å². The van der Waals surface area contributed by atoms with Crippen molar-refractivity contribution in [1.29, 1.82) is 0 Å². The molecular weight excluding hydrogens is 419 g/mol. The fourth-order valence-corrected chi connectivity index (χ4v) is 3.48. The first-order chi connectivity index (χ1) is 12.6. The highest BCUT2D eigenvalue weighted by molar-refractivity contribution is 7.22. The molecule has 13 heteroatoms. The van der Waals surface area contributed by atoms with Crippen LogP contribution in [0, 0.1) is 0 Å². The Bertz CT molecular complexity index is 1020. The number of amides is 1. The third-order valence-electron chi connectivity index (χ3n) is 3.28. The summed E-state index contributed by atoms with van der Waals surface area (Å²) < 4.78 is 68.4. The van der Waals surface area contributed by atoms with Crippen molar-refractivity contribution in [2.24, 2.45) is 7.05 Å². The maximum absolute atomic E-state index is 12.9. The number of nitrogens with one attached hydrogen (secondary N) is 1. The zero-order valence-corrected chi connectivity index (χ0v) is 14.7. The van der Waals surface area contributed by atoms with E-state index in [1.165, 1.54) is 18.2 Å². The summed E-state index contributed by atoms with van der Waals surface area (Å²) in [5.41, 5.74) is -1.50. The molecule has 0 unspecified atom stereocenters. The van der Waals surface area contributed by atoms with Crippen molar-refractivity contribution in [1.82, 2.24) is 14.8 Å². The van der Waals surface area contributed by atoms with E-state index in [1.54, 1.807) is 0 Å². The van der Waals surface area contributed by atoms with Gasteiger partial charge in [0.1, 0.15) is 10.8 Å². The van der Waals surface area contributed by atoms with Crippen LogP contribution in [0.1, 0.15) is 16.2 Å². The van der Waals surface area contributed by atoms with E-state index in [-0.39, 0.29) is 10.9 Å². The number of hydrogen-bond donors (Lipinski definition) is 1. The molecule has 3 aromatic rings. The molecule has 2 heterocycles. The summed E-state index contributed by atoms with van der Waals surface area (Å²) in [6.45, 7) is -3.00. The Balaban J connectivity index is 1.86. The van der Waals surface area contributed by atoms with Gasteiger partial charge in [-0.2, -0.15) is 27.1 Å². The number of carbonyl (C=O) groups is 1. The van der Waals surface area contributed by atoms with Gasteiger partial charge in [0.25, 0.3) is 5.91 Å². The van der Waals surface area contributed by atoms with Gasteiger partial charge < -0.3 is 4.74 Å². The Kier molecular flexibility index (Phi) is 4.95. The molecule has 144 valence electrons. The molecule has 3 rings (SSSR count). The van der Waals surface area contributed by atoms with Crippen LogP contribution >= 0.6 is 22.9 Å². The number of aromatic nitrogens is 3. The molecule has 0 atom stereocenters. The minimum atomic E-state index is -4.78. The number of carbonyl (C=O) groups excluding carboxylic acids is 1. The summed E-state index contributed by atoms with van der Waals surface area (Å²) in [5, 5.41) is 4.98. The number of alkyl halides is 5. The number of benzene rings is 1. The second-order valence-electron chi connectivity index (χ2n) is 5.11. The van der Waals surface area contributed by atoms with Gasteiger partial charge >= 0.3 is 12.8 Å². The zero-order chi connectivity index (χ0) is 19.9. The SMILES string of the molecule is Cn1nc(C(=O)Nc2nc3ccc(OC(F)F)cc3s2)c(Cl)c1C(F)(F)F. The summed E-state index contributed by atoms with van der Waals surface area (Å²) in [7, 11) is 1.01. The molecule has 27 heavy (non-hydrogen) atoms. The van der Waals surface area contributed by atoms with Crippen LogP contribution in [-0.2, 0) is 13.2 Å². The zero-order valence-electron chi connectivity index (χ0n) is 13.1. The van der Waals surface area contributed by atoms with Gasteiger partial charge in [0.2, 0.25) is 0 Å². The largest absolute Gasteiger partial charge is 0.435 e. The first-order valence-corrected chi connectivity index (χ1v) is 8.22. The number of ether oxygens (including phenoxy) is 1. The smallest absolute Gasteiger partial charge is 0.434 e. The minimum Gasteiger partial charge on any atom is -0.435 e. The van der Waals surface area contributed by atoms with Crippen LogP contribution < -0.4 is 10.1 Å². The molecule has 2 aromatic heterocycles. The summed E-state index contributed by atoms with van der Waals surface area (Å²) in [6, 6.07) is 3.96. The molecule has 0 aliphatic heterocycles. The van der Waals surface area contributed by atoms with Gasteiger partial charge in [-0.25, -0.2) is 4.98 Å². The van der Waals surface area contributed by atoms with Gasteiger partial charge in [-0.05, 0) is 18.2 Å². The van der Waals surface area contributed by atoms with Gasteiger partial charge in [-0.3, -0.25) is 14.8 Å². The first kappa shape index (κ1) is 19.3. The van der Waals surface area contributed by atoms with Gasteiger partial charge in [-0.1, -0.05) is 22.9 Å². The molecule has 1 aromatic carbocycles. The predicted molar refractivity (Wildman–Crippen MR) is 87.4 cm³/mol. The number of anilines is 1. The summed E-state index contributed by atoms with van der Waals surface area (Å²) in [5.74, 6) is -1.09. The van der Waals surface area contributed by atoms with Gasteiger partial charge in [0, 0.05) is 7.05 Å². The molecule has 6 nitrogen and oxygen atoms in total. The molecule has 1 amide bonds. The van der Waals surface area contributed by atoms with Crippen molar-refractivity contribution in [3.8, 4) is 5.75 Å². The van der Waals surface area contributed by atoms with Crippen LogP contribution in [0.25, 0.3) is 10.2 Å². The molecule has 0 bridgehead atoms. The molecular formula is C14H8ClF5N4O2S. The van der Waals surface area contributed by atoms with Crippen molar-refractivity contribution in [2.75, 3.05) is 5.32 Å². The molecule has 0 aliphatic carbocycles. The lowest BCUT2D eigenvalue weighted by Gasteiger charge is -2.06.